The summed E-state index contributed by atoms with van der Waals surface area (Å²) in [6.45, 7) is -0.215. The van der Waals surface area contributed by atoms with Crippen LogP contribution < -0.4 is 5.73 Å². The van der Waals surface area contributed by atoms with E-state index in [2.05, 4.69) is 0 Å². The highest BCUT2D eigenvalue weighted by Crippen LogP contribution is 2.29. The van der Waals surface area contributed by atoms with Crippen LogP contribution in [0.1, 0.15) is 5.56 Å². The number of anilines is 1. The highest BCUT2D eigenvalue weighted by Gasteiger charge is 2.12. The molecule has 2 aromatic carbocycles. The average Bonchev–Trinajstić information content (AvgIpc) is 2.34. The molecule has 0 unspecified atom stereocenters. The number of benzene rings is 2. The third-order valence-electron chi connectivity index (χ3n) is 2.56. The standard InChI is InChI=1S/C13H11F2NO/c14-11-6-12(15)13(16)5-10(11)9-4-2-1-3-8(9)7-17/h1-6,17H,7,16H2. The smallest absolute Gasteiger partial charge is 0.149 e. The summed E-state index contributed by atoms with van der Waals surface area (Å²) in [5, 5.41) is 9.17. The largest absolute Gasteiger partial charge is 0.396 e. The second-order valence-corrected chi connectivity index (χ2v) is 3.67. The van der Waals surface area contributed by atoms with Crippen molar-refractivity contribution in [3.63, 3.8) is 0 Å². The molecule has 0 aromatic heterocycles. The fourth-order valence-corrected chi connectivity index (χ4v) is 1.69. The third-order valence-corrected chi connectivity index (χ3v) is 2.56. The number of nitrogen functional groups attached to an aromatic ring is 1. The Kier molecular flexibility index (Phi) is 3.06. The molecule has 0 aliphatic heterocycles. The SMILES string of the molecule is Nc1cc(-c2ccccc2CO)c(F)cc1F. The predicted octanol–water partition coefficient (Wildman–Crippen LogP) is 2.71. The van der Waals surface area contributed by atoms with E-state index >= 15 is 0 Å². The van der Waals surface area contributed by atoms with E-state index in [9.17, 15) is 8.78 Å². The first-order valence-corrected chi connectivity index (χ1v) is 5.07. The van der Waals surface area contributed by atoms with Crippen molar-refractivity contribution in [1.29, 1.82) is 0 Å². The summed E-state index contributed by atoms with van der Waals surface area (Å²) >= 11 is 0. The van der Waals surface area contributed by atoms with Gasteiger partial charge in [0, 0.05) is 11.6 Å². The number of hydrogen-bond donors (Lipinski definition) is 2. The lowest BCUT2D eigenvalue weighted by atomic mass is 9.99. The monoisotopic (exact) mass is 235 g/mol. The van der Waals surface area contributed by atoms with E-state index in [0.717, 1.165) is 6.07 Å². The van der Waals surface area contributed by atoms with Crippen molar-refractivity contribution in [3.8, 4) is 11.1 Å². The van der Waals surface area contributed by atoms with Crippen molar-refractivity contribution in [3.05, 3.63) is 53.6 Å². The van der Waals surface area contributed by atoms with Gasteiger partial charge in [-0.15, -0.1) is 0 Å². The highest BCUT2D eigenvalue weighted by molar-refractivity contribution is 5.71. The molecule has 0 aliphatic rings. The van der Waals surface area contributed by atoms with Crippen molar-refractivity contribution >= 4 is 5.69 Å². The first-order chi connectivity index (χ1) is 8.13. The molecule has 88 valence electrons. The first-order valence-electron chi connectivity index (χ1n) is 5.07. The van der Waals surface area contributed by atoms with E-state index < -0.39 is 11.6 Å². The molecule has 0 aliphatic carbocycles. The Labute approximate surface area is 97.3 Å². The number of nitrogens with two attached hydrogens (primary N) is 1. The number of rotatable bonds is 2. The molecule has 0 heterocycles. The van der Waals surface area contributed by atoms with E-state index in [1.807, 2.05) is 0 Å². The molecule has 0 saturated heterocycles. The van der Waals surface area contributed by atoms with Gasteiger partial charge in [-0.05, 0) is 17.2 Å². The summed E-state index contributed by atoms with van der Waals surface area (Å²) in [5.74, 6) is -1.48. The molecular formula is C13H11F2NO. The fraction of sp³-hybridized carbons (Fsp3) is 0.0769. The van der Waals surface area contributed by atoms with E-state index in [1.54, 1.807) is 24.3 Å². The lowest BCUT2D eigenvalue weighted by Gasteiger charge is -2.09. The van der Waals surface area contributed by atoms with E-state index in [0.29, 0.717) is 11.1 Å². The molecule has 17 heavy (non-hydrogen) atoms. The van der Waals surface area contributed by atoms with Gasteiger partial charge in [-0.2, -0.15) is 0 Å². The molecule has 4 heteroatoms. The summed E-state index contributed by atoms with van der Waals surface area (Å²) in [6, 6.07) is 8.76. The van der Waals surface area contributed by atoms with Crippen molar-refractivity contribution in [2.24, 2.45) is 0 Å². The summed E-state index contributed by atoms with van der Waals surface area (Å²) in [4.78, 5) is 0. The molecule has 0 amide bonds. The molecule has 2 nitrogen and oxygen atoms in total. The van der Waals surface area contributed by atoms with E-state index in [4.69, 9.17) is 10.8 Å². The molecule has 0 radical (unpaired) electrons. The molecule has 2 rings (SSSR count). The van der Waals surface area contributed by atoms with Crippen LogP contribution in [0.25, 0.3) is 11.1 Å². The van der Waals surface area contributed by atoms with Gasteiger partial charge in [0.1, 0.15) is 11.6 Å². The van der Waals surface area contributed by atoms with Gasteiger partial charge in [-0.25, -0.2) is 8.78 Å². The van der Waals surface area contributed by atoms with Crippen LogP contribution in [0.2, 0.25) is 0 Å². The van der Waals surface area contributed by atoms with Gasteiger partial charge < -0.3 is 10.8 Å². The van der Waals surface area contributed by atoms with Crippen LogP contribution in [0.5, 0.6) is 0 Å². The van der Waals surface area contributed by atoms with E-state index in [1.165, 1.54) is 6.07 Å². The number of hydrogen-bond acceptors (Lipinski definition) is 2. The first kappa shape index (κ1) is 11.5. The van der Waals surface area contributed by atoms with Gasteiger partial charge in [0.2, 0.25) is 0 Å². The normalized spacial score (nSPS) is 10.5. The Morgan fingerprint density at radius 1 is 1.00 bits per heavy atom. The van der Waals surface area contributed by atoms with Crippen LogP contribution in [-0.2, 0) is 6.61 Å². The maximum Gasteiger partial charge on any atom is 0.149 e. The molecule has 0 bridgehead atoms. The van der Waals surface area contributed by atoms with Crippen LogP contribution in [0.4, 0.5) is 14.5 Å². The maximum atomic E-state index is 13.7. The molecule has 0 fully saturated rings. The lowest BCUT2D eigenvalue weighted by Crippen LogP contribution is -1.97. The van der Waals surface area contributed by atoms with Gasteiger partial charge in [0.05, 0.1) is 12.3 Å². The van der Waals surface area contributed by atoms with Crippen molar-refractivity contribution in [2.75, 3.05) is 5.73 Å². The highest BCUT2D eigenvalue weighted by atomic mass is 19.1. The van der Waals surface area contributed by atoms with E-state index in [-0.39, 0.29) is 17.9 Å². The zero-order valence-corrected chi connectivity index (χ0v) is 8.95. The summed E-state index contributed by atoms with van der Waals surface area (Å²) in [7, 11) is 0. The Morgan fingerprint density at radius 2 is 1.71 bits per heavy atom. The summed E-state index contributed by atoms with van der Waals surface area (Å²) in [5.41, 5.74) is 6.57. The van der Waals surface area contributed by atoms with Crippen LogP contribution in [0.3, 0.4) is 0 Å². The van der Waals surface area contributed by atoms with Crippen molar-refractivity contribution in [2.45, 2.75) is 6.61 Å². The van der Waals surface area contributed by atoms with Crippen LogP contribution in [-0.4, -0.2) is 5.11 Å². The summed E-state index contributed by atoms with van der Waals surface area (Å²) in [6.07, 6.45) is 0. The maximum absolute atomic E-state index is 13.7. The van der Waals surface area contributed by atoms with Gasteiger partial charge in [0.15, 0.2) is 0 Å². The molecule has 0 spiro atoms. The number of aliphatic hydroxyl groups is 1. The predicted molar refractivity (Wildman–Crippen MR) is 62.1 cm³/mol. The summed E-state index contributed by atoms with van der Waals surface area (Å²) < 4.78 is 26.7. The van der Waals surface area contributed by atoms with Crippen LogP contribution in [0, 0.1) is 11.6 Å². The molecule has 3 N–H and O–H groups in total. The minimum Gasteiger partial charge on any atom is -0.396 e. The number of halogens is 2. The van der Waals surface area contributed by atoms with Crippen LogP contribution in [0.15, 0.2) is 36.4 Å². The Hall–Kier alpha value is -1.94. The Bertz CT molecular complexity index is 555. The molecule has 0 atom stereocenters. The van der Waals surface area contributed by atoms with Gasteiger partial charge in [-0.1, -0.05) is 24.3 Å². The van der Waals surface area contributed by atoms with Gasteiger partial charge >= 0.3 is 0 Å². The van der Waals surface area contributed by atoms with Crippen LogP contribution >= 0.6 is 0 Å². The molecular weight excluding hydrogens is 224 g/mol. The van der Waals surface area contributed by atoms with Crippen molar-refractivity contribution < 1.29 is 13.9 Å². The van der Waals surface area contributed by atoms with Crippen molar-refractivity contribution in [1.82, 2.24) is 0 Å². The topological polar surface area (TPSA) is 46.2 Å². The zero-order chi connectivity index (χ0) is 12.4. The van der Waals surface area contributed by atoms with Gasteiger partial charge in [-0.3, -0.25) is 0 Å². The fourth-order valence-electron chi connectivity index (χ4n) is 1.69. The average molecular weight is 235 g/mol. The quantitative estimate of drug-likeness (QED) is 0.786. The zero-order valence-electron chi connectivity index (χ0n) is 8.95. The lowest BCUT2D eigenvalue weighted by molar-refractivity contribution is 0.282. The second-order valence-electron chi connectivity index (χ2n) is 3.67. The third kappa shape index (κ3) is 2.12. The minimum absolute atomic E-state index is 0.117. The molecule has 0 saturated carbocycles. The number of aliphatic hydroxyl groups excluding tert-OH is 1. The molecule has 2 aromatic rings. The Balaban J connectivity index is 2.64. The van der Waals surface area contributed by atoms with Gasteiger partial charge in [0.25, 0.3) is 0 Å². The minimum atomic E-state index is -0.785. The second kappa shape index (κ2) is 4.51. The Morgan fingerprint density at radius 3 is 2.41 bits per heavy atom.